The van der Waals surface area contributed by atoms with Crippen molar-refractivity contribution >= 4 is 11.8 Å². The third kappa shape index (κ3) is 3.90. The number of nitrogens with one attached hydrogen (secondary N) is 1. The SMILES string of the molecule is CC1CC(C)CC(C(=O)NCC(N)=O)C1. The average molecular weight is 212 g/mol. The molecule has 2 amide bonds. The van der Waals surface area contributed by atoms with Crippen molar-refractivity contribution in [3.63, 3.8) is 0 Å². The van der Waals surface area contributed by atoms with Gasteiger partial charge in [-0.15, -0.1) is 0 Å². The number of rotatable bonds is 3. The number of hydrogen-bond donors (Lipinski definition) is 2. The van der Waals surface area contributed by atoms with Gasteiger partial charge in [-0.25, -0.2) is 0 Å². The topological polar surface area (TPSA) is 72.2 Å². The van der Waals surface area contributed by atoms with Gasteiger partial charge < -0.3 is 11.1 Å². The molecule has 0 aromatic carbocycles. The fraction of sp³-hybridized carbons (Fsp3) is 0.818. The number of carbonyl (C=O) groups is 2. The predicted octanol–water partition coefficient (Wildman–Crippen LogP) is 0.660. The summed E-state index contributed by atoms with van der Waals surface area (Å²) >= 11 is 0. The Kier molecular flexibility index (Phi) is 4.12. The van der Waals surface area contributed by atoms with Crippen molar-refractivity contribution in [1.82, 2.24) is 5.32 Å². The molecule has 1 rings (SSSR count). The summed E-state index contributed by atoms with van der Waals surface area (Å²) in [7, 11) is 0. The van der Waals surface area contributed by atoms with E-state index in [0.717, 1.165) is 12.8 Å². The molecule has 0 bridgehead atoms. The minimum absolute atomic E-state index is 0.0211. The van der Waals surface area contributed by atoms with Gasteiger partial charge in [0.05, 0.1) is 6.54 Å². The molecule has 4 nitrogen and oxygen atoms in total. The molecule has 3 N–H and O–H groups in total. The highest BCUT2D eigenvalue weighted by molar-refractivity contribution is 5.84. The lowest BCUT2D eigenvalue weighted by Crippen LogP contribution is -2.39. The maximum atomic E-state index is 11.7. The second kappa shape index (κ2) is 5.14. The van der Waals surface area contributed by atoms with Crippen molar-refractivity contribution in [3.05, 3.63) is 0 Å². The monoisotopic (exact) mass is 212 g/mol. The highest BCUT2D eigenvalue weighted by Gasteiger charge is 2.28. The molecule has 1 saturated carbocycles. The van der Waals surface area contributed by atoms with Crippen LogP contribution in [0.1, 0.15) is 33.1 Å². The lowest BCUT2D eigenvalue weighted by Gasteiger charge is -2.30. The van der Waals surface area contributed by atoms with Crippen molar-refractivity contribution in [2.75, 3.05) is 6.54 Å². The Hall–Kier alpha value is -1.06. The van der Waals surface area contributed by atoms with Gasteiger partial charge in [0, 0.05) is 5.92 Å². The molecule has 86 valence electrons. The molecule has 4 heteroatoms. The third-order valence-electron chi connectivity index (χ3n) is 2.99. The molecule has 15 heavy (non-hydrogen) atoms. The fourth-order valence-electron chi connectivity index (χ4n) is 2.48. The summed E-state index contributed by atoms with van der Waals surface area (Å²) in [6.07, 6.45) is 3.05. The summed E-state index contributed by atoms with van der Waals surface area (Å²) in [5.74, 6) is 0.742. The van der Waals surface area contributed by atoms with Crippen molar-refractivity contribution < 1.29 is 9.59 Å². The molecule has 2 unspecified atom stereocenters. The third-order valence-corrected chi connectivity index (χ3v) is 2.99. The molecule has 0 aliphatic heterocycles. The fourth-order valence-corrected chi connectivity index (χ4v) is 2.48. The highest BCUT2D eigenvalue weighted by atomic mass is 16.2. The van der Waals surface area contributed by atoms with Gasteiger partial charge in [0.25, 0.3) is 0 Å². The lowest BCUT2D eigenvalue weighted by atomic mass is 9.76. The second-order valence-electron chi connectivity index (χ2n) is 4.80. The van der Waals surface area contributed by atoms with Gasteiger partial charge >= 0.3 is 0 Å². The summed E-state index contributed by atoms with van der Waals surface area (Å²) < 4.78 is 0. The van der Waals surface area contributed by atoms with E-state index < -0.39 is 5.91 Å². The van der Waals surface area contributed by atoms with E-state index in [1.165, 1.54) is 6.42 Å². The van der Waals surface area contributed by atoms with Crippen LogP contribution in [0.3, 0.4) is 0 Å². The van der Waals surface area contributed by atoms with Crippen LogP contribution in [-0.4, -0.2) is 18.4 Å². The molecule has 0 aromatic rings. The summed E-state index contributed by atoms with van der Waals surface area (Å²) in [6, 6.07) is 0. The standard InChI is InChI=1S/C11H20N2O2/c1-7-3-8(2)5-9(4-7)11(15)13-6-10(12)14/h7-9H,3-6H2,1-2H3,(H2,12,14)(H,13,15). The zero-order valence-electron chi connectivity index (χ0n) is 9.45. The Morgan fingerprint density at radius 3 is 2.20 bits per heavy atom. The first-order valence-electron chi connectivity index (χ1n) is 5.55. The van der Waals surface area contributed by atoms with Gasteiger partial charge in [-0.1, -0.05) is 13.8 Å². The molecule has 1 fully saturated rings. The molecule has 0 spiro atoms. The molecule has 0 aromatic heterocycles. The smallest absolute Gasteiger partial charge is 0.236 e. The minimum Gasteiger partial charge on any atom is -0.368 e. The van der Waals surface area contributed by atoms with Gasteiger partial charge in [-0.2, -0.15) is 0 Å². The van der Waals surface area contributed by atoms with E-state index in [0.29, 0.717) is 11.8 Å². The second-order valence-corrected chi connectivity index (χ2v) is 4.80. The molecule has 1 aliphatic rings. The average Bonchev–Trinajstić information content (AvgIpc) is 2.12. The summed E-state index contributed by atoms with van der Waals surface area (Å²) in [6.45, 7) is 4.30. The molecular formula is C11H20N2O2. The van der Waals surface area contributed by atoms with Crippen LogP contribution in [0.15, 0.2) is 0 Å². The van der Waals surface area contributed by atoms with Gasteiger partial charge in [-0.3, -0.25) is 9.59 Å². The van der Waals surface area contributed by atoms with E-state index in [2.05, 4.69) is 19.2 Å². The Morgan fingerprint density at radius 2 is 1.73 bits per heavy atom. The van der Waals surface area contributed by atoms with Gasteiger partial charge in [0.2, 0.25) is 11.8 Å². The van der Waals surface area contributed by atoms with Crippen LogP contribution in [0, 0.1) is 17.8 Å². The first kappa shape index (κ1) is 12.0. The Bertz CT molecular complexity index is 243. The van der Waals surface area contributed by atoms with Gasteiger partial charge in [0.15, 0.2) is 0 Å². The number of amides is 2. The van der Waals surface area contributed by atoms with E-state index in [9.17, 15) is 9.59 Å². The molecule has 0 saturated heterocycles. The number of nitrogens with two attached hydrogens (primary N) is 1. The maximum Gasteiger partial charge on any atom is 0.236 e. The summed E-state index contributed by atoms with van der Waals surface area (Å²) in [5.41, 5.74) is 4.97. The summed E-state index contributed by atoms with van der Waals surface area (Å²) in [4.78, 5) is 22.2. The van der Waals surface area contributed by atoms with Crippen molar-refractivity contribution in [3.8, 4) is 0 Å². The van der Waals surface area contributed by atoms with E-state index in [4.69, 9.17) is 5.73 Å². The zero-order valence-corrected chi connectivity index (χ0v) is 9.45. The van der Waals surface area contributed by atoms with Crippen LogP contribution < -0.4 is 11.1 Å². The quantitative estimate of drug-likeness (QED) is 0.721. The van der Waals surface area contributed by atoms with Crippen LogP contribution in [0.5, 0.6) is 0 Å². The Balaban J connectivity index is 2.41. The lowest BCUT2D eigenvalue weighted by molar-refractivity contribution is -0.129. The van der Waals surface area contributed by atoms with Crippen molar-refractivity contribution in [2.45, 2.75) is 33.1 Å². The highest BCUT2D eigenvalue weighted by Crippen LogP contribution is 2.32. The number of primary amides is 1. The normalized spacial score (nSPS) is 30.9. The zero-order chi connectivity index (χ0) is 11.4. The molecule has 0 heterocycles. The van der Waals surface area contributed by atoms with Crippen molar-refractivity contribution in [2.24, 2.45) is 23.5 Å². The van der Waals surface area contributed by atoms with E-state index in [1.54, 1.807) is 0 Å². The summed E-state index contributed by atoms with van der Waals surface area (Å²) in [5, 5.41) is 2.58. The number of carbonyl (C=O) groups excluding carboxylic acids is 2. The van der Waals surface area contributed by atoms with Crippen LogP contribution in [-0.2, 0) is 9.59 Å². The molecule has 1 aliphatic carbocycles. The van der Waals surface area contributed by atoms with Crippen LogP contribution in [0.25, 0.3) is 0 Å². The van der Waals surface area contributed by atoms with Crippen molar-refractivity contribution in [1.29, 1.82) is 0 Å². The van der Waals surface area contributed by atoms with Gasteiger partial charge in [-0.05, 0) is 31.1 Å². The molecular weight excluding hydrogens is 192 g/mol. The molecule has 2 atom stereocenters. The minimum atomic E-state index is -0.486. The maximum absolute atomic E-state index is 11.7. The van der Waals surface area contributed by atoms with Crippen LogP contribution in [0.4, 0.5) is 0 Å². The predicted molar refractivity (Wildman–Crippen MR) is 57.9 cm³/mol. The first-order chi connectivity index (χ1) is 6.99. The van der Waals surface area contributed by atoms with Crippen LogP contribution >= 0.6 is 0 Å². The van der Waals surface area contributed by atoms with Crippen LogP contribution in [0.2, 0.25) is 0 Å². The largest absolute Gasteiger partial charge is 0.368 e. The molecule has 0 radical (unpaired) electrons. The van der Waals surface area contributed by atoms with E-state index in [-0.39, 0.29) is 18.4 Å². The Labute approximate surface area is 90.6 Å². The van der Waals surface area contributed by atoms with E-state index in [1.807, 2.05) is 0 Å². The first-order valence-corrected chi connectivity index (χ1v) is 5.55. The number of hydrogen-bond acceptors (Lipinski definition) is 2. The Morgan fingerprint density at radius 1 is 1.20 bits per heavy atom. The van der Waals surface area contributed by atoms with Gasteiger partial charge in [0.1, 0.15) is 0 Å². The van der Waals surface area contributed by atoms with E-state index >= 15 is 0 Å².